The van der Waals surface area contributed by atoms with Gasteiger partial charge < -0.3 is 4.42 Å². The molecule has 1 heterocycles. The molecule has 2 aliphatic carbocycles. The summed E-state index contributed by atoms with van der Waals surface area (Å²) in [5.74, 6) is 3.49. The molecule has 13 heavy (non-hydrogen) atoms. The average Bonchev–Trinajstić information content (AvgIpc) is 2.77. The summed E-state index contributed by atoms with van der Waals surface area (Å²) in [6.45, 7) is 0. The van der Waals surface area contributed by atoms with Crippen LogP contribution in [0.5, 0.6) is 0 Å². The van der Waals surface area contributed by atoms with Crippen molar-refractivity contribution in [2.24, 2.45) is 11.8 Å². The first-order valence-electron chi connectivity index (χ1n) is 5.07. The van der Waals surface area contributed by atoms with Gasteiger partial charge in [-0.3, -0.25) is 0 Å². The van der Waals surface area contributed by atoms with Crippen LogP contribution in [0.25, 0.3) is 0 Å². The number of furan rings is 1. The van der Waals surface area contributed by atoms with E-state index in [1.54, 1.807) is 6.26 Å². The predicted molar refractivity (Wildman–Crippen MR) is 51.9 cm³/mol. The number of hydrogen-bond donors (Lipinski definition) is 0. The molecule has 0 saturated heterocycles. The van der Waals surface area contributed by atoms with Crippen LogP contribution in [0.15, 0.2) is 16.7 Å². The molecule has 2 aliphatic rings. The van der Waals surface area contributed by atoms with Crippen molar-refractivity contribution >= 4 is 11.6 Å². The van der Waals surface area contributed by atoms with Crippen molar-refractivity contribution in [1.82, 2.24) is 0 Å². The summed E-state index contributed by atoms with van der Waals surface area (Å²) in [7, 11) is 0. The topological polar surface area (TPSA) is 13.1 Å². The van der Waals surface area contributed by atoms with Crippen LogP contribution in [-0.2, 0) is 0 Å². The second-order valence-corrected chi connectivity index (χ2v) is 4.82. The van der Waals surface area contributed by atoms with Crippen LogP contribution < -0.4 is 0 Å². The van der Waals surface area contributed by atoms with Gasteiger partial charge in [0.25, 0.3) is 0 Å². The highest BCUT2D eigenvalue weighted by atomic mass is 35.5. The van der Waals surface area contributed by atoms with Gasteiger partial charge in [-0.15, -0.1) is 0 Å². The third-order valence-corrected chi connectivity index (χ3v) is 4.03. The fourth-order valence-electron chi connectivity index (χ4n) is 3.14. The fraction of sp³-hybridized carbons (Fsp3) is 0.636. The molecule has 2 fully saturated rings. The number of halogens is 1. The summed E-state index contributed by atoms with van der Waals surface area (Å²) in [4.78, 5) is 0. The molecule has 3 unspecified atom stereocenters. The van der Waals surface area contributed by atoms with Gasteiger partial charge in [-0.05, 0) is 37.2 Å². The van der Waals surface area contributed by atoms with Crippen molar-refractivity contribution < 1.29 is 4.42 Å². The zero-order valence-corrected chi connectivity index (χ0v) is 8.26. The van der Waals surface area contributed by atoms with E-state index in [1.165, 1.54) is 25.7 Å². The maximum atomic E-state index is 6.06. The van der Waals surface area contributed by atoms with E-state index in [2.05, 4.69) is 0 Å². The van der Waals surface area contributed by atoms with Gasteiger partial charge in [0.15, 0.2) is 0 Å². The molecule has 2 bridgehead atoms. The van der Waals surface area contributed by atoms with Crippen molar-refractivity contribution in [3.05, 3.63) is 23.1 Å². The highest BCUT2D eigenvalue weighted by Crippen LogP contribution is 2.53. The van der Waals surface area contributed by atoms with Crippen LogP contribution in [-0.4, -0.2) is 0 Å². The largest absolute Gasteiger partial charge is 0.467 e. The lowest BCUT2D eigenvalue weighted by atomic mass is 9.87. The lowest BCUT2D eigenvalue weighted by molar-refractivity contribution is 0.356. The zero-order valence-electron chi connectivity index (χ0n) is 7.50. The maximum Gasteiger partial charge on any atom is 0.125 e. The molecular formula is C11H13ClO. The number of fused-ring (bicyclic) bond motifs is 2. The predicted octanol–water partition coefficient (Wildman–Crippen LogP) is 3.84. The van der Waals surface area contributed by atoms with Crippen LogP contribution in [0.1, 0.15) is 37.4 Å². The Labute approximate surface area is 83.1 Å². The molecule has 1 aromatic heterocycles. The van der Waals surface area contributed by atoms with Gasteiger partial charge in [0.05, 0.1) is 11.3 Å². The highest BCUT2D eigenvalue weighted by molar-refractivity contribution is 6.31. The Hall–Kier alpha value is -0.430. The van der Waals surface area contributed by atoms with Crippen molar-refractivity contribution in [1.29, 1.82) is 0 Å². The smallest absolute Gasteiger partial charge is 0.125 e. The summed E-state index contributed by atoms with van der Waals surface area (Å²) in [6.07, 6.45) is 7.23. The lowest BCUT2D eigenvalue weighted by Crippen LogP contribution is -2.07. The monoisotopic (exact) mass is 196 g/mol. The molecule has 3 rings (SSSR count). The minimum atomic E-state index is 0.626. The van der Waals surface area contributed by atoms with E-state index < -0.39 is 0 Å². The summed E-state index contributed by atoms with van der Waals surface area (Å²) >= 11 is 6.06. The molecular weight excluding hydrogens is 184 g/mol. The SMILES string of the molecule is Clc1ccoc1C1CC2CCC1C2. The molecule has 2 heteroatoms. The molecule has 0 aliphatic heterocycles. The molecule has 0 amide bonds. The van der Waals surface area contributed by atoms with Crippen LogP contribution >= 0.6 is 11.6 Å². The number of hydrogen-bond acceptors (Lipinski definition) is 1. The molecule has 1 nitrogen and oxygen atoms in total. The fourth-order valence-corrected chi connectivity index (χ4v) is 3.37. The number of rotatable bonds is 1. The summed E-state index contributed by atoms with van der Waals surface area (Å²) in [5.41, 5.74) is 0. The second kappa shape index (κ2) is 2.78. The quantitative estimate of drug-likeness (QED) is 0.665. The highest BCUT2D eigenvalue weighted by Gasteiger charge is 2.42. The van der Waals surface area contributed by atoms with Gasteiger partial charge in [0.2, 0.25) is 0 Å². The Morgan fingerprint density at radius 2 is 2.23 bits per heavy atom. The van der Waals surface area contributed by atoms with E-state index in [9.17, 15) is 0 Å². The minimum absolute atomic E-state index is 0.626. The van der Waals surface area contributed by atoms with Gasteiger partial charge in [-0.1, -0.05) is 18.0 Å². The van der Waals surface area contributed by atoms with E-state index in [-0.39, 0.29) is 0 Å². The molecule has 0 spiro atoms. The lowest BCUT2D eigenvalue weighted by Gasteiger charge is -2.19. The van der Waals surface area contributed by atoms with Crippen LogP contribution in [0.4, 0.5) is 0 Å². The normalized spacial score (nSPS) is 37.2. The van der Waals surface area contributed by atoms with E-state index in [4.69, 9.17) is 16.0 Å². The van der Waals surface area contributed by atoms with Gasteiger partial charge >= 0.3 is 0 Å². The molecule has 0 radical (unpaired) electrons. The maximum absolute atomic E-state index is 6.06. The molecule has 70 valence electrons. The Bertz CT molecular complexity index is 318. The van der Waals surface area contributed by atoms with E-state index >= 15 is 0 Å². The molecule has 1 aromatic rings. The summed E-state index contributed by atoms with van der Waals surface area (Å²) in [5, 5.41) is 0.831. The van der Waals surface area contributed by atoms with Crippen molar-refractivity contribution in [3.8, 4) is 0 Å². The van der Waals surface area contributed by atoms with E-state index in [0.29, 0.717) is 5.92 Å². The van der Waals surface area contributed by atoms with Gasteiger partial charge in [-0.2, -0.15) is 0 Å². The van der Waals surface area contributed by atoms with E-state index in [0.717, 1.165) is 22.6 Å². The van der Waals surface area contributed by atoms with Crippen molar-refractivity contribution in [3.63, 3.8) is 0 Å². The van der Waals surface area contributed by atoms with Crippen LogP contribution in [0.2, 0.25) is 5.02 Å². The van der Waals surface area contributed by atoms with Crippen LogP contribution in [0, 0.1) is 11.8 Å². The average molecular weight is 197 g/mol. The third-order valence-electron chi connectivity index (χ3n) is 3.72. The zero-order chi connectivity index (χ0) is 8.84. The molecule has 0 aromatic carbocycles. The first-order valence-corrected chi connectivity index (χ1v) is 5.45. The van der Waals surface area contributed by atoms with Crippen molar-refractivity contribution in [2.45, 2.75) is 31.6 Å². The standard InChI is InChI=1S/C11H13ClO/c12-10-3-4-13-11(10)9-6-7-1-2-8(9)5-7/h3-4,7-9H,1-2,5-6H2. The second-order valence-electron chi connectivity index (χ2n) is 4.41. The third kappa shape index (κ3) is 1.13. The Morgan fingerprint density at radius 1 is 1.31 bits per heavy atom. The Morgan fingerprint density at radius 3 is 2.77 bits per heavy atom. The van der Waals surface area contributed by atoms with Crippen molar-refractivity contribution in [2.75, 3.05) is 0 Å². The van der Waals surface area contributed by atoms with Gasteiger partial charge in [0.1, 0.15) is 5.76 Å². The minimum Gasteiger partial charge on any atom is -0.467 e. The summed E-state index contributed by atoms with van der Waals surface area (Å²) in [6, 6.07) is 1.86. The molecule has 3 atom stereocenters. The van der Waals surface area contributed by atoms with E-state index in [1.807, 2.05) is 6.07 Å². The first kappa shape index (κ1) is 7.93. The molecule has 2 saturated carbocycles. The van der Waals surface area contributed by atoms with Crippen LogP contribution in [0.3, 0.4) is 0 Å². The Kier molecular flexibility index (Phi) is 1.69. The first-order chi connectivity index (χ1) is 6.34. The molecule has 0 N–H and O–H groups in total. The Balaban J connectivity index is 1.91. The van der Waals surface area contributed by atoms with Gasteiger partial charge in [-0.25, -0.2) is 0 Å². The van der Waals surface area contributed by atoms with Gasteiger partial charge in [0, 0.05) is 5.92 Å². The summed E-state index contributed by atoms with van der Waals surface area (Å²) < 4.78 is 5.47.